The Morgan fingerprint density at radius 3 is 2.30 bits per heavy atom. The van der Waals surface area contributed by atoms with Crippen molar-refractivity contribution in [1.29, 1.82) is 0 Å². The third-order valence-electron chi connectivity index (χ3n) is 4.70. The van der Waals surface area contributed by atoms with Crippen molar-refractivity contribution in [2.75, 3.05) is 7.05 Å². The molecule has 3 rings (SSSR count). The third kappa shape index (κ3) is 3.13. The lowest BCUT2D eigenvalue weighted by atomic mass is 9.81. The molecule has 0 fully saturated rings. The zero-order valence-corrected chi connectivity index (χ0v) is 15.3. The number of alkyl halides is 2. The fourth-order valence-electron chi connectivity index (χ4n) is 3.29. The van der Waals surface area contributed by atoms with Crippen molar-refractivity contribution in [3.63, 3.8) is 0 Å². The molecule has 5 nitrogen and oxygen atoms in total. The van der Waals surface area contributed by atoms with Crippen molar-refractivity contribution >= 4 is 11.9 Å². The van der Waals surface area contributed by atoms with Gasteiger partial charge < -0.3 is 10.5 Å². The topological polar surface area (TPSA) is 67.9 Å². The van der Waals surface area contributed by atoms with Gasteiger partial charge in [0.25, 0.3) is 5.91 Å². The molecule has 1 aliphatic heterocycles. The van der Waals surface area contributed by atoms with Crippen molar-refractivity contribution in [3.05, 3.63) is 65.2 Å². The van der Waals surface area contributed by atoms with Gasteiger partial charge >= 0.3 is 6.61 Å². The molecule has 2 N–H and O–H groups in total. The van der Waals surface area contributed by atoms with Crippen LogP contribution in [0.3, 0.4) is 0 Å². The first-order valence-electron chi connectivity index (χ1n) is 8.55. The summed E-state index contributed by atoms with van der Waals surface area (Å²) in [5.74, 6) is -0.212. The van der Waals surface area contributed by atoms with Gasteiger partial charge in [-0.15, -0.1) is 0 Å². The first-order valence-corrected chi connectivity index (χ1v) is 8.55. The molecule has 1 aliphatic rings. The molecule has 2 aromatic carbocycles. The Balaban J connectivity index is 2.23. The molecule has 1 unspecified atom stereocenters. The minimum atomic E-state index is -2.93. The van der Waals surface area contributed by atoms with E-state index < -0.39 is 12.2 Å². The number of carbonyl (C=O) groups excluding carboxylic acids is 1. The SMILES string of the molecule is CC(C)c1cc(C2(c3ccccc3)N=C(N)N(C)C2=O)ccc1OC(F)F. The maximum absolute atomic E-state index is 13.2. The molecule has 27 heavy (non-hydrogen) atoms. The first-order chi connectivity index (χ1) is 12.8. The number of amides is 1. The smallest absolute Gasteiger partial charge is 0.387 e. The molecule has 0 spiro atoms. The predicted octanol–water partition coefficient (Wildman–Crippen LogP) is 3.44. The second kappa shape index (κ2) is 6.98. The highest BCUT2D eigenvalue weighted by Crippen LogP contribution is 2.41. The fraction of sp³-hybridized carbons (Fsp3) is 0.300. The normalized spacial score (nSPS) is 19.7. The molecule has 1 amide bonds. The van der Waals surface area contributed by atoms with Crippen molar-refractivity contribution < 1.29 is 18.3 Å². The molecule has 1 atom stereocenters. The van der Waals surface area contributed by atoms with Crippen LogP contribution in [0.25, 0.3) is 0 Å². The van der Waals surface area contributed by atoms with Crippen molar-refractivity contribution in [3.8, 4) is 5.75 Å². The van der Waals surface area contributed by atoms with Gasteiger partial charge in [-0.2, -0.15) is 8.78 Å². The van der Waals surface area contributed by atoms with E-state index in [0.29, 0.717) is 16.7 Å². The Labute approximate surface area is 156 Å². The van der Waals surface area contributed by atoms with Gasteiger partial charge in [-0.25, -0.2) is 4.99 Å². The summed E-state index contributed by atoms with van der Waals surface area (Å²) in [6.07, 6.45) is 0. The monoisotopic (exact) mass is 373 g/mol. The lowest BCUT2D eigenvalue weighted by Crippen LogP contribution is -2.41. The number of nitrogens with zero attached hydrogens (tertiary/aromatic N) is 2. The zero-order chi connectivity index (χ0) is 19.8. The molecule has 7 heteroatoms. The molecule has 1 heterocycles. The van der Waals surface area contributed by atoms with E-state index >= 15 is 0 Å². The van der Waals surface area contributed by atoms with Gasteiger partial charge in [0.1, 0.15) is 5.75 Å². The Kier molecular flexibility index (Phi) is 4.87. The molecule has 0 aliphatic carbocycles. The van der Waals surface area contributed by atoms with Crippen LogP contribution in [-0.4, -0.2) is 30.4 Å². The molecule has 0 bridgehead atoms. The summed E-state index contributed by atoms with van der Waals surface area (Å²) in [7, 11) is 1.56. The summed E-state index contributed by atoms with van der Waals surface area (Å²) in [4.78, 5) is 19.0. The molecule has 142 valence electrons. The van der Waals surface area contributed by atoms with Crippen LogP contribution < -0.4 is 10.5 Å². The average Bonchev–Trinajstić information content (AvgIpc) is 2.87. The summed E-state index contributed by atoms with van der Waals surface area (Å²) in [6, 6.07) is 13.8. The number of carbonyl (C=O) groups is 1. The van der Waals surface area contributed by atoms with Crippen LogP contribution in [0.4, 0.5) is 8.78 Å². The van der Waals surface area contributed by atoms with Gasteiger partial charge in [0.05, 0.1) is 0 Å². The van der Waals surface area contributed by atoms with E-state index in [-0.39, 0.29) is 23.5 Å². The van der Waals surface area contributed by atoms with Crippen LogP contribution >= 0.6 is 0 Å². The summed E-state index contributed by atoms with van der Waals surface area (Å²) < 4.78 is 30.1. The number of nitrogens with two attached hydrogens (primary N) is 1. The second-order valence-electron chi connectivity index (χ2n) is 6.70. The standard InChI is InChI=1S/C20H21F2N3O2/c1-12(2)15-11-14(9-10-16(15)27-18(21)22)20(13-7-5-4-6-8-13)17(26)25(3)19(23)24-20/h4-12,18H,1-3H3,(H2,23,24). The van der Waals surface area contributed by atoms with Gasteiger partial charge in [-0.3, -0.25) is 9.69 Å². The van der Waals surface area contributed by atoms with E-state index in [2.05, 4.69) is 9.73 Å². The number of hydrogen-bond acceptors (Lipinski definition) is 4. The maximum Gasteiger partial charge on any atom is 0.387 e. The zero-order valence-electron chi connectivity index (χ0n) is 15.3. The van der Waals surface area contributed by atoms with Gasteiger partial charge in [-0.05, 0) is 34.7 Å². The Morgan fingerprint density at radius 2 is 1.78 bits per heavy atom. The van der Waals surface area contributed by atoms with E-state index in [1.807, 2.05) is 32.0 Å². The average molecular weight is 373 g/mol. The second-order valence-corrected chi connectivity index (χ2v) is 6.70. The van der Waals surface area contributed by atoms with E-state index in [9.17, 15) is 13.6 Å². The molecule has 0 saturated carbocycles. The molecular weight excluding hydrogens is 352 g/mol. The van der Waals surface area contributed by atoms with E-state index in [4.69, 9.17) is 5.73 Å². The van der Waals surface area contributed by atoms with Crippen LogP contribution in [0.5, 0.6) is 5.75 Å². The first kappa shape index (κ1) is 18.8. The highest BCUT2D eigenvalue weighted by atomic mass is 19.3. The van der Waals surface area contributed by atoms with Crippen molar-refractivity contribution in [1.82, 2.24) is 4.90 Å². The molecule has 0 radical (unpaired) electrons. The van der Waals surface area contributed by atoms with Gasteiger partial charge in [0.2, 0.25) is 0 Å². The van der Waals surface area contributed by atoms with Gasteiger partial charge in [0.15, 0.2) is 11.5 Å². The summed E-state index contributed by atoms with van der Waals surface area (Å²) in [6.45, 7) is 0.809. The van der Waals surface area contributed by atoms with Crippen molar-refractivity contribution in [2.24, 2.45) is 10.7 Å². The highest BCUT2D eigenvalue weighted by Gasteiger charge is 2.49. The van der Waals surface area contributed by atoms with Crippen LogP contribution in [0.1, 0.15) is 36.5 Å². The Hall–Kier alpha value is -2.96. The fourth-order valence-corrected chi connectivity index (χ4v) is 3.29. The molecular formula is C20H21F2N3O2. The number of ether oxygens (including phenoxy) is 1. The largest absolute Gasteiger partial charge is 0.435 e. The maximum atomic E-state index is 13.2. The van der Waals surface area contributed by atoms with Crippen LogP contribution in [0, 0.1) is 0 Å². The van der Waals surface area contributed by atoms with Crippen LogP contribution in [-0.2, 0) is 10.3 Å². The number of halogens is 2. The highest BCUT2D eigenvalue weighted by molar-refractivity contribution is 6.08. The summed E-state index contributed by atoms with van der Waals surface area (Å²) in [5, 5.41) is 0. The predicted molar refractivity (Wildman–Crippen MR) is 98.8 cm³/mol. The quantitative estimate of drug-likeness (QED) is 0.873. The Morgan fingerprint density at radius 1 is 1.11 bits per heavy atom. The van der Waals surface area contributed by atoms with E-state index in [1.54, 1.807) is 31.3 Å². The number of aliphatic imine (C=N–C) groups is 1. The van der Waals surface area contributed by atoms with Gasteiger partial charge in [0, 0.05) is 7.05 Å². The van der Waals surface area contributed by atoms with Crippen LogP contribution in [0.15, 0.2) is 53.5 Å². The lowest BCUT2D eigenvalue weighted by molar-refractivity contribution is -0.129. The number of likely N-dealkylation sites (N-methyl/N-ethyl adjacent to an activating group) is 1. The number of guanidine groups is 1. The van der Waals surface area contributed by atoms with E-state index in [1.165, 1.54) is 11.0 Å². The Bertz CT molecular complexity index is 884. The molecule has 2 aromatic rings. The van der Waals surface area contributed by atoms with Crippen LogP contribution in [0.2, 0.25) is 0 Å². The molecule has 0 saturated heterocycles. The van der Waals surface area contributed by atoms with E-state index in [0.717, 1.165) is 0 Å². The lowest BCUT2D eigenvalue weighted by Gasteiger charge is -2.27. The third-order valence-corrected chi connectivity index (χ3v) is 4.70. The van der Waals surface area contributed by atoms with Crippen molar-refractivity contribution in [2.45, 2.75) is 31.9 Å². The number of rotatable bonds is 5. The number of benzene rings is 2. The summed E-state index contributed by atoms with van der Waals surface area (Å²) in [5.41, 5.74) is 6.36. The summed E-state index contributed by atoms with van der Waals surface area (Å²) >= 11 is 0. The minimum Gasteiger partial charge on any atom is -0.435 e. The minimum absolute atomic E-state index is 0.0858. The number of hydrogen-bond donors (Lipinski definition) is 1. The van der Waals surface area contributed by atoms with Gasteiger partial charge in [-0.1, -0.05) is 50.2 Å². The molecule has 0 aromatic heterocycles.